The molecule has 1 radical (unpaired) electrons. The maximum Gasteiger partial charge on any atom is 0.182 e. The van der Waals surface area contributed by atoms with Crippen molar-refractivity contribution >= 4 is 17.8 Å². The topological polar surface area (TPSA) is 29.9 Å². The first kappa shape index (κ1) is 5.85. The molecule has 0 saturated carbocycles. The van der Waals surface area contributed by atoms with Gasteiger partial charge in [-0.25, -0.2) is 4.98 Å². The van der Waals surface area contributed by atoms with Gasteiger partial charge in [0.25, 0.3) is 0 Å². The molecule has 3 nitrogen and oxygen atoms in total. The van der Waals surface area contributed by atoms with E-state index < -0.39 is 0 Å². The van der Waals surface area contributed by atoms with Crippen LogP contribution in [-0.4, -0.2) is 15.3 Å². The summed E-state index contributed by atoms with van der Waals surface area (Å²) < 4.78 is 4.96. The van der Waals surface area contributed by atoms with Crippen LogP contribution in [0.1, 0.15) is 0 Å². The van der Waals surface area contributed by atoms with Crippen LogP contribution in [0.15, 0.2) is 18.5 Å². The summed E-state index contributed by atoms with van der Waals surface area (Å²) >= 11 is 1.67. The first-order valence-corrected chi connectivity index (χ1v) is 3.95. The van der Waals surface area contributed by atoms with Crippen molar-refractivity contribution in [1.82, 2.24) is 14.3 Å². The van der Waals surface area contributed by atoms with Gasteiger partial charge in [-0.05, 0) is 18.0 Å². The van der Waals surface area contributed by atoms with Crippen LogP contribution >= 0.6 is 11.9 Å². The maximum atomic E-state index is 3.81. The van der Waals surface area contributed by atoms with Gasteiger partial charge in [-0.3, -0.25) is 4.57 Å². The van der Waals surface area contributed by atoms with Crippen LogP contribution in [0.4, 0.5) is 0 Å². The molecule has 0 amide bonds. The second-order valence-electron chi connectivity index (χ2n) is 1.90. The molecule has 1 aliphatic rings. The summed E-state index contributed by atoms with van der Waals surface area (Å²) in [6, 6.07) is 0. The fraction of sp³-hybridized carbons (Fsp3) is 0.167. The number of imidazole rings is 1. The van der Waals surface area contributed by atoms with Crippen molar-refractivity contribution in [3.8, 4) is 0 Å². The third-order valence-corrected chi connectivity index (χ3v) is 1.94. The van der Waals surface area contributed by atoms with Gasteiger partial charge in [0.05, 0.1) is 0 Å². The van der Waals surface area contributed by atoms with Gasteiger partial charge in [0.2, 0.25) is 0 Å². The Balaban J connectivity index is 2.28. The molecule has 0 saturated heterocycles. The van der Waals surface area contributed by atoms with E-state index in [0.29, 0.717) is 0 Å². The van der Waals surface area contributed by atoms with Crippen LogP contribution in [0.3, 0.4) is 0 Å². The van der Waals surface area contributed by atoms with E-state index in [4.69, 9.17) is 0 Å². The van der Waals surface area contributed by atoms with Crippen LogP contribution in [0.5, 0.6) is 0 Å². The zero-order chi connectivity index (χ0) is 6.81. The summed E-state index contributed by atoms with van der Waals surface area (Å²) in [6.07, 6.45) is 8.48. The summed E-state index contributed by atoms with van der Waals surface area (Å²) in [5, 5.41) is 0. The third kappa shape index (κ3) is 0.903. The number of aromatic nitrogens is 2. The molecule has 1 aromatic heterocycles. The second-order valence-corrected chi connectivity index (χ2v) is 2.73. The quantitative estimate of drug-likeness (QED) is 0.602. The van der Waals surface area contributed by atoms with Crippen LogP contribution in [-0.2, 0) is 0 Å². The maximum absolute atomic E-state index is 3.81. The fourth-order valence-corrected chi connectivity index (χ4v) is 1.44. The lowest BCUT2D eigenvalue weighted by molar-refractivity contribution is 1.03. The number of nitrogens with zero attached hydrogens (tertiary/aromatic N) is 2. The third-order valence-electron chi connectivity index (χ3n) is 1.25. The Hall–Kier alpha value is -0.900. The predicted octanol–water partition coefficient (Wildman–Crippen LogP) is 0.733. The van der Waals surface area contributed by atoms with E-state index in [-0.39, 0.29) is 0 Å². The van der Waals surface area contributed by atoms with Crippen molar-refractivity contribution in [1.29, 1.82) is 0 Å². The lowest BCUT2D eigenvalue weighted by Gasteiger charge is -2.00. The Labute approximate surface area is 63.3 Å². The Bertz CT molecular complexity index is 240. The van der Waals surface area contributed by atoms with Gasteiger partial charge in [-0.15, -0.1) is 0 Å². The number of hydrogen-bond donors (Lipinski definition) is 1. The van der Waals surface area contributed by atoms with Crippen molar-refractivity contribution in [3.63, 3.8) is 0 Å². The SMILES string of the molecule is [c]1nccn1C1=CCSN1. The normalized spacial score (nSPS) is 16.6. The van der Waals surface area contributed by atoms with Crippen LogP contribution in [0, 0.1) is 6.33 Å². The largest absolute Gasteiger partial charge is 0.315 e. The summed E-state index contributed by atoms with van der Waals surface area (Å²) in [5.74, 6) is 2.07. The van der Waals surface area contributed by atoms with Gasteiger partial charge in [0, 0.05) is 18.1 Å². The number of hydrogen-bond acceptors (Lipinski definition) is 3. The van der Waals surface area contributed by atoms with E-state index in [9.17, 15) is 0 Å². The highest BCUT2D eigenvalue weighted by atomic mass is 32.2. The highest BCUT2D eigenvalue weighted by Crippen LogP contribution is 2.13. The summed E-state index contributed by atoms with van der Waals surface area (Å²) in [5.41, 5.74) is 0. The molecule has 0 unspecified atom stereocenters. The minimum Gasteiger partial charge on any atom is -0.315 e. The van der Waals surface area contributed by atoms with Crippen molar-refractivity contribution in [2.24, 2.45) is 0 Å². The molecule has 1 N–H and O–H groups in total. The highest BCUT2D eigenvalue weighted by Gasteiger charge is 2.04. The molecule has 0 aliphatic carbocycles. The van der Waals surface area contributed by atoms with E-state index in [0.717, 1.165) is 11.6 Å². The molecule has 0 atom stereocenters. The van der Waals surface area contributed by atoms with Gasteiger partial charge in [0.15, 0.2) is 6.33 Å². The smallest absolute Gasteiger partial charge is 0.182 e. The molecule has 2 rings (SSSR count). The van der Waals surface area contributed by atoms with Crippen LogP contribution in [0.2, 0.25) is 0 Å². The van der Waals surface area contributed by atoms with E-state index in [2.05, 4.69) is 22.1 Å². The van der Waals surface area contributed by atoms with Crippen LogP contribution < -0.4 is 4.72 Å². The van der Waals surface area contributed by atoms with E-state index in [1.54, 1.807) is 18.1 Å². The second kappa shape index (κ2) is 2.38. The molecular weight excluding hydrogens is 146 g/mol. The minimum atomic E-state index is 1.02. The summed E-state index contributed by atoms with van der Waals surface area (Å²) in [7, 11) is 0. The zero-order valence-corrected chi connectivity index (χ0v) is 6.06. The van der Waals surface area contributed by atoms with Crippen LogP contribution in [0.25, 0.3) is 5.82 Å². The van der Waals surface area contributed by atoms with Crippen molar-refractivity contribution < 1.29 is 0 Å². The molecule has 51 valence electrons. The Kier molecular flexibility index (Phi) is 1.39. The van der Waals surface area contributed by atoms with Gasteiger partial charge in [-0.2, -0.15) is 0 Å². The Morgan fingerprint density at radius 3 is 3.40 bits per heavy atom. The van der Waals surface area contributed by atoms with E-state index in [1.165, 1.54) is 0 Å². The Morgan fingerprint density at radius 2 is 2.80 bits per heavy atom. The average Bonchev–Trinajstić information content (AvgIpc) is 2.59. The van der Waals surface area contributed by atoms with Gasteiger partial charge >= 0.3 is 0 Å². The molecule has 0 aromatic carbocycles. The van der Waals surface area contributed by atoms with Crippen molar-refractivity contribution in [2.45, 2.75) is 0 Å². The Morgan fingerprint density at radius 1 is 1.80 bits per heavy atom. The van der Waals surface area contributed by atoms with Gasteiger partial charge in [-0.1, -0.05) is 0 Å². The molecule has 0 bridgehead atoms. The monoisotopic (exact) mass is 152 g/mol. The minimum absolute atomic E-state index is 1.02. The summed E-state index contributed by atoms with van der Waals surface area (Å²) in [4.78, 5) is 3.81. The zero-order valence-electron chi connectivity index (χ0n) is 5.24. The highest BCUT2D eigenvalue weighted by molar-refractivity contribution is 7.98. The number of nitrogens with one attached hydrogen (secondary N) is 1. The molecular formula is C6H6N3S. The molecule has 0 spiro atoms. The molecule has 0 fully saturated rings. The molecule has 10 heavy (non-hydrogen) atoms. The first-order valence-electron chi connectivity index (χ1n) is 2.96. The van der Waals surface area contributed by atoms with Crippen molar-refractivity contribution in [2.75, 3.05) is 5.75 Å². The van der Waals surface area contributed by atoms with Gasteiger partial charge in [0.1, 0.15) is 5.82 Å². The van der Waals surface area contributed by atoms with Crippen molar-refractivity contribution in [3.05, 3.63) is 24.8 Å². The van der Waals surface area contributed by atoms with E-state index in [1.807, 2.05) is 10.8 Å². The first-order chi connectivity index (χ1) is 4.97. The lowest BCUT2D eigenvalue weighted by Crippen LogP contribution is -2.03. The summed E-state index contributed by atoms with van der Waals surface area (Å²) in [6.45, 7) is 0. The standard InChI is InChI=1S/C6H6N3S/c1-4-10-8-6(1)9-3-2-7-5-9/h1-3,8H,4H2. The number of rotatable bonds is 1. The molecule has 2 heterocycles. The predicted molar refractivity (Wildman–Crippen MR) is 40.9 cm³/mol. The lowest BCUT2D eigenvalue weighted by atomic mass is 10.6. The average molecular weight is 152 g/mol. The fourth-order valence-electron chi connectivity index (χ4n) is 0.788. The molecule has 4 heteroatoms. The van der Waals surface area contributed by atoms with Gasteiger partial charge < -0.3 is 4.72 Å². The molecule has 1 aliphatic heterocycles. The van der Waals surface area contributed by atoms with E-state index >= 15 is 0 Å². The molecule has 1 aromatic rings.